The summed E-state index contributed by atoms with van der Waals surface area (Å²) in [4.78, 5) is 10.5. The Bertz CT molecular complexity index is 644. The molecule has 4 N–H and O–H groups in total. The minimum absolute atomic E-state index is 0. The van der Waals surface area contributed by atoms with Gasteiger partial charge in [-0.25, -0.2) is 0 Å². The van der Waals surface area contributed by atoms with E-state index in [1.807, 2.05) is 12.1 Å². The maximum Gasteiger partial charge on any atom is 1.00 e. The zero-order valence-corrected chi connectivity index (χ0v) is 16.7. The van der Waals surface area contributed by atoms with Crippen molar-refractivity contribution in [1.29, 1.82) is 0 Å². The van der Waals surface area contributed by atoms with E-state index >= 15 is 0 Å². The van der Waals surface area contributed by atoms with E-state index in [4.69, 9.17) is 20.3 Å². The number of nitrogens with two attached hydrogens (primary N) is 1. The fraction of sp³-hybridized carbons (Fsp3) is 0.235. The molecule has 0 atom stereocenters. The van der Waals surface area contributed by atoms with E-state index in [0.717, 1.165) is 6.42 Å². The second-order valence-electron chi connectivity index (χ2n) is 4.59. The number of carbonyl (C=O) groups is 1. The Kier molecular flexibility index (Phi) is 13.9. The standard InChI is InChI=1S/C9H10O4.C8H11NO.B.Na.H/c1-12-8-4-9(13-2)7(11)3-6(8)5-10;9-6-5-7-1-3-8(10)4-2-7;;;/h3-5,11H,1-2H3;1-4,10H,5-6,9H2;;;/q;;;+1;-1. The molecule has 0 saturated heterocycles. The molecule has 3 radical (unpaired) electrons. The van der Waals surface area contributed by atoms with Gasteiger partial charge in [0.25, 0.3) is 0 Å². The minimum Gasteiger partial charge on any atom is -1.00 e. The molecule has 0 amide bonds. The third-order valence-corrected chi connectivity index (χ3v) is 3.03. The molecule has 8 heteroatoms. The Morgan fingerprint density at radius 1 is 1.08 bits per heavy atom. The van der Waals surface area contributed by atoms with Gasteiger partial charge < -0.3 is 26.8 Å². The Labute approximate surface area is 173 Å². The predicted octanol–water partition coefficient (Wildman–Crippen LogP) is -1.15. The van der Waals surface area contributed by atoms with Crippen LogP contribution >= 0.6 is 0 Å². The average molecular weight is 354 g/mol. The molecule has 6 nitrogen and oxygen atoms in total. The van der Waals surface area contributed by atoms with Gasteiger partial charge in [0.05, 0.1) is 19.8 Å². The van der Waals surface area contributed by atoms with Gasteiger partial charge in [0, 0.05) is 14.5 Å². The summed E-state index contributed by atoms with van der Waals surface area (Å²) < 4.78 is 9.75. The summed E-state index contributed by atoms with van der Waals surface area (Å²) in [6.07, 6.45) is 1.48. The largest absolute Gasteiger partial charge is 1.00 e. The molecule has 0 aliphatic heterocycles. The summed E-state index contributed by atoms with van der Waals surface area (Å²) >= 11 is 0. The first-order valence-electron chi connectivity index (χ1n) is 6.93. The third kappa shape index (κ3) is 8.31. The van der Waals surface area contributed by atoms with E-state index in [1.165, 1.54) is 31.9 Å². The molecule has 2 aromatic rings. The normalized spacial score (nSPS) is 8.76. The van der Waals surface area contributed by atoms with Crippen molar-refractivity contribution in [2.75, 3.05) is 20.8 Å². The van der Waals surface area contributed by atoms with Crippen LogP contribution in [0.15, 0.2) is 36.4 Å². The molecule has 0 unspecified atom stereocenters. The van der Waals surface area contributed by atoms with Gasteiger partial charge in [-0.2, -0.15) is 0 Å². The number of methoxy groups -OCH3 is 2. The Hall–Kier alpha value is -1.67. The van der Waals surface area contributed by atoms with Gasteiger partial charge in [-0.15, -0.1) is 0 Å². The molecule has 129 valence electrons. The molecule has 0 saturated carbocycles. The molecule has 0 aromatic heterocycles. The number of benzene rings is 2. The molecule has 2 aromatic carbocycles. The van der Waals surface area contributed by atoms with Crippen LogP contribution in [0.3, 0.4) is 0 Å². The van der Waals surface area contributed by atoms with Gasteiger partial charge in [0.2, 0.25) is 0 Å². The zero-order chi connectivity index (χ0) is 17.2. The van der Waals surface area contributed by atoms with Gasteiger partial charge in [-0.05, 0) is 36.7 Å². The van der Waals surface area contributed by atoms with Gasteiger partial charge in [-0.1, -0.05) is 12.1 Å². The van der Waals surface area contributed by atoms with Crippen LogP contribution in [-0.2, 0) is 6.42 Å². The minimum atomic E-state index is -0.0783. The molecule has 0 heterocycles. The third-order valence-electron chi connectivity index (χ3n) is 3.03. The molecule has 0 spiro atoms. The number of ether oxygens (including phenoxy) is 2. The Morgan fingerprint density at radius 3 is 2.08 bits per heavy atom. The second kappa shape index (κ2) is 13.6. The van der Waals surface area contributed by atoms with Crippen LogP contribution in [-0.4, -0.2) is 45.7 Å². The topological polar surface area (TPSA) is 102 Å². The number of hydrogen-bond donors (Lipinski definition) is 3. The van der Waals surface area contributed by atoms with Crippen molar-refractivity contribution in [2.45, 2.75) is 6.42 Å². The monoisotopic (exact) mass is 354 g/mol. The van der Waals surface area contributed by atoms with Crippen molar-refractivity contribution < 1.29 is 55.5 Å². The van der Waals surface area contributed by atoms with E-state index in [9.17, 15) is 9.90 Å². The fourth-order valence-electron chi connectivity index (χ4n) is 1.83. The number of phenolic OH excluding ortho intramolecular Hbond substituents is 2. The van der Waals surface area contributed by atoms with Crippen LogP contribution < -0.4 is 44.8 Å². The number of aromatic hydroxyl groups is 2. The average Bonchev–Trinajstić information content (AvgIpc) is 2.57. The van der Waals surface area contributed by atoms with Crippen LogP contribution in [0.1, 0.15) is 17.3 Å². The fourth-order valence-corrected chi connectivity index (χ4v) is 1.83. The SMILES string of the molecule is COc1cc(OC)c(C=O)cc1O.NCCc1ccc(O)cc1.[B].[H-].[Na+]. The maximum atomic E-state index is 10.5. The van der Waals surface area contributed by atoms with E-state index in [-0.39, 0.29) is 50.9 Å². The van der Waals surface area contributed by atoms with E-state index in [0.29, 0.717) is 29.9 Å². The first-order chi connectivity index (χ1) is 11.0. The van der Waals surface area contributed by atoms with E-state index in [1.54, 1.807) is 12.1 Å². The van der Waals surface area contributed by atoms with Crippen molar-refractivity contribution in [3.05, 3.63) is 47.5 Å². The summed E-state index contributed by atoms with van der Waals surface area (Å²) in [7, 11) is 2.87. The van der Waals surface area contributed by atoms with Crippen molar-refractivity contribution >= 4 is 14.7 Å². The first-order valence-corrected chi connectivity index (χ1v) is 6.93. The first kappa shape index (κ1) is 25.6. The van der Waals surface area contributed by atoms with Gasteiger partial charge in [0.1, 0.15) is 11.5 Å². The summed E-state index contributed by atoms with van der Waals surface area (Å²) in [6, 6.07) is 9.85. The van der Waals surface area contributed by atoms with Gasteiger partial charge in [0.15, 0.2) is 17.8 Å². The molecular weight excluding hydrogens is 332 g/mol. The molecule has 0 aliphatic carbocycles. The van der Waals surface area contributed by atoms with Gasteiger partial charge >= 0.3 is 29.6 Å². The van der Waals surface area contributed by atoms with E-state index in [2.05, 4.69) is 0 Å². The van der Waals surface area contributed by atoms with Crippen LogP contribution in [0.25, 0.3) is 0 Å². The van der Waals surface area contributed by atoms with Crippen molar-refractivity contribution in [3.63, 3.8) is 0 Å². The molecule has 0 aliphatic rings. The zero-order valence-electron chi connectivity index (χ0n) is 15.7. The smallest absolute Gasteiger partial charge is 1.00 e. The number of aldehydes is 1. The Morgan fingerprint density at radius 2 is 1.64 bits per heavy atom. The summed E-state index contributed by atoms with van der Waals surface area (Å²) in [5.41, 5.74) is 6.80. The van der Waals surface area contributed by atoms with E-state index < -0.39 is 0 Å². The summed E-state index contributed by atoms with van der Waals surface area (Å²) in [5, 5.41) is 18.2. The number of rotatable bonds is 5. The van der Waals surface area contributed by atoms with Crippen LogP contribution in [0.2, 0.25) is 0 Å². The predicted molar refractivity (Wildman–Crippen MR) is 94.3 cm³/mol. The Balaban J connectivity index is -0.000000374. The van der Waals surface area contributed by atoms with Crippen LogP contribution in [0.4, 0.5) is 0 Å². The molecule has 25 heavy (non-hydrogen) atoms. The summed E-state index contributed by atoms with van der Waals surface area (Å²) in [5.74, 6) is 0.887. The number of hydrogen-bond acceptors (Lipinski definition) is 6. The number of phenols is 2. The molecule has 2 rings (SSSR count). The summed E-state index contributed by atoms with van der Waals surface area (Å²) in [6.45, 7) is 0.658. The van der Waals surface area contributed by atoms with Crippen LogP contribution in [0, 0.1) is 0 Å². The molecular formula is C17H22BNNaO5. The maximum absolute atomic E-state index is 10.5. The van der Waals surface area contributed by atoms with Crippen molar-refractivity contribution in [2.24, 2.45) is 5.73 Å². The van der Waals surface area contributed by atoms with Crippen molar-refractivity contribution in [3.8, 4) is 23.0 Å². The molecule has 0 fully saturated rings. The molecule has 0 bridgehead atoms. The number of carbonyl (C=O) groups excluding carboxylic acids is 1. The van der Waals surface area contributed by atoms with Gasteiger partial charge in [-0.3, -0.25) is 4.79 Å². The van der Waals surface area contributed by atoms with Crippen LogP contribution in [0.5, 0.6) is 23.0 Å². The second-order valence-corrected chi connectivity index (χ2v) is 4.59. The quantitative estimate of drug-likeness (QED) is 0.463. The van der Waals surface area contributed by atoms with Crippen molar-refractivity contribution in [1.82, 2.24) is 0 Å².